The molecule has 1 unspecified atom stereocenters. The first-order valence-corrected chi connectivity index (χ1v) is 7.95. The molecule has 0 aliphatic rings. The van der Waals surface area contributed by atoms with E-state index in [1.54, 1.807) is 7.11 Å². The largest absolute Gasteiger partial charge is 0.497 e. The number of methoxy groups -OCH3 is 1. The summed E-state index contributed by atoms with van der Waals surface area (Å²) in [6.45, 7) is 5.68. The number of benzene rings is 1. The summed E-state index contributed by atoms with van der Waals surface area (Å²) in [4.78, 5) is 23.6. The molecular weight excluding hydrogens is 330 g/mol. The van der Waals surface area contributed by atoms with E-state index in [0.29, 0.717) is 19.5 Å². The van der Waals surface area contributed by atoms with E-state index in [1.165, 1.54) is 6.92 Å². The van der Waals surface area contributed by atoms with Crippen LogP contribution in [0.5, 0.6) is 5.75 Å². The highest BCUT2D eigenvalue weighted by Crippen LogP contribution is 2.14. The van der Waals surface area contributed by atoms with E-state index < -0.39 is 6.04 Å². The van der Waals surface area contributed by atoms with Crippen molar-refractivity contribution in [1.82, 2.24) is 16.0 Å². The van der Waals surface area contributed by atoms with Gasteiger partial charge < -0.3 is 20.7 Å². The van der Waals surface area contributed by atoms with Crippen LogP contribution >= 0.6 is 12.4 Å². The second-order valence-corrected chi connectivity index (χ2v) is 5.35. The zero-order chi connectivity index (χ0) is 17.1. The SMILES string of the molecule is CCCNCCNC(=O)C(Cc1cccc(OC)c1)NC(C)=O.Cl. The van der Waals surface area contributed by atoms with E-state index in [0.717, 1.165) is 24.3 Å². The lowest BCUT2D eigenvalue weighted by Gasteiger charge is -2.18. The number of carbonyl (C=O) groups is 2. The lowest BCUT2D eigenvalue weighted by atomic mass is 10.0. The fourth-order valence-corrected chi connectivity index (χ4v) is 2.19. The highest BCUT2D eigenvalue weighted by molar-refractivity contribution is 5.87. The molecule has 0 radical (unpaired) electrons. The molecule has 7 heteroatoms. The average Bonchev–Trinajstić information content (AvgIpc) is 2.53. The van der Waals surface area contributed by atoms with Gasteiger partial charge in [-0.25, -0.2) is 0 Å². The minimum absolute atomic E-state index is 0. The van der Waals surface area contributed by atoms with E-state index in [-0.39, 0.29) is 24.2 Å². The Bertz CT molecular complexity index is 512. The van der Waals surface area contributed by atoms with Crippen LogP contribution in [0.2, 0.25) is 0 Å². The van der Waals surface area contributed by atoms with Crippen molar-refractivity contribution in [3.05, 3.63) is 29.8 Å². The maximum atomic E-state index is 12.3. The lowest BCUT2D eigenvalue weighted by molar-refractivity contribution is -0.128. The van der Waals surface area contributed by atoms with Gasteiger partial charge in [0.25, 0.3) is 0 Å². The zero-order valence-corrected chi connectivity index (χ0v) is 15.4. The van der Waals surface area contributed by atoms with Crippen molar-refractivity contribution in [3.63, 3.8) is 0 Å². The Hall–Kier alpha value is -1.79. The molecule has 0 saturated heterocycles. The summed E-state index contributed by atoms with van der Waals surface area (Å²) in [5.41, 5.74) is 0.933. The number of hydrogen-bond acceptors (Lipinski definition) is 4. The van der Waals surface area contributed by atoms with E-state index in [4.69, 9.17) is 4.74 Å². The normalized spacial score (nSPS) is 11.1. The highest BCUT2D eigenvalue weighted by atomic mass is 35.5. The first-order chi connectivity index (χ1) is 11.1. The Morgan fingerprint density at radius 1 is 1.21 bits per heavy atom. The average molecular weight is 358 g/mol. The summed E-state index contributed by atoms with van der Waals surface area (Å²) >= 11 is 0. The van der Waals surface area contributed by atoms with Gasteiger partial charge in [0.2, 0.25) is 11.8 Å². The van der Waals surface area contributed by atoms with Crippen molar-refractivity contribution < 1.29 is 14.3 Å². The molecule has 0 spiro atoms. The summed E-state index contributed by atoms with van der Waals surface area (Å²) in [7, 11) is 1.60. The molecule has 0 bridgehead atoms. The lowest BCUT2D eigenvalue weighted by Crippen LogP contribution is -2.48. The Balaban J connectivity index is 0.00000529. The van der Waals surface area contributed by atoms with Crippen LogP contribution in [0.15, 0.2) is 24.3 Å². The second-order valence-electron chi connectivity index (χ2n) is 5.35. The summed E-state index contributed by atoms with van der Waals surface area (Å²) in [5, 5.41) is 8.77. The van der Waals surface area contributed by atoms with Crippen LogP contribution in [0, 0.1) is 0 Å². The molecule has 0 saturated carbocycles. The van der Waals surface area contributed by atoms with Crippen LogP contribution < -0.4 is 20.7 Å². The number of ether oxygens (including phenoxy) is 1. The van der Waals surface area contributed by atoms with Gasteiger partial charge in [-0.15, -0.1) is 12.4 Å². The summed E-state index contributed by atoms with van der Waals surface area (Å²) < 4.78 is 5.18. The molecule has 1 atom stereocenters. The van der Waals surface area contributed by atoms with Crippen molar-refractivity contribution >= 4 is 24.2 Å². The first kappa shape index (κ1) is 22.2. The van der Waals surface area contributed by atoms with Gasteiger partial charge in [-0.05, 0) is 30.7 Å². The standard InChI is InChI=1S/C17H27N3O3.ClH/c1-4-8-18-9-10-19-17(22)16(20-13(2)21)12-14-6-5-7-15(11-14)23-3;/h5-7,11,16,18H,4,8-10,12H2,1-3H3,(H,19,22)(H,20,21);1H. The van der Waals surface area contributed by atoms with Crippen LogP contribution in [0.25, 0.3) is 0 Å². The third kappa shape index (κ3) is 8.74. The van der Waals surface area contributed by atoms with E-state index >= 15 is 0 Å². The van der Waals surface area contributed by atoms with Gasteiger partial charge in [-0.1, -0.05) is 19.1 Å². The maximum Gasteiger partial charge on any atom is 0.242 e. The smallest absolute Gasteiger partial charge is 0.242 e. The van der Waals surface area contributed by atoms with Gasteiger partial charge in [0.05, 0.1) is 7.11 Å². The monoisotopic (exact) mass is 357 g/mol. The van der Waals surface area contributed by atoms with E-state index in [2.05, 4.69) is 22.9 Å². The quantitative estimate of drug-likeness (QED) is 0.551. The number of carbonyl (C=O) groups excluding carboxylic acids is 2. The van der Waals surface area contributed by atoms with Gasteiger partial charge in [-0.3, -0.25) is 9.59 Å². The number of rotatable bonds is 10. The van der Waals surface area contributed by atoms with Gasteiger partial charge in [0, 0.05) is 26.4 Å². The second kappa shape index (κ2) is 12.6. The van der Waals surface area contributed by atoms with Gasteiger partial charge in [-0.2, -0.15) is 0 Å². The Morgan fingerprint density at radius 2 is 1.96 bits per heavy atom. The van der Waals surface area contributed by atoms with Gasteiger partial charge in [0.15, 0.2) is 0 Å². The molecule has 24 heavy (non-hydrogen) atoms. The molecule has 136 valence electrons. The molecule has 1 rings (SSSR count). The minimum atomic E-state index is -0.592. The van der Waals surface area contributed by atoms with Crippen LogP contribution in [-0.2, 0) is 16.0 Å². The van der Waals surface area contributed by atoms with E-state index in [1.807, 2.05) is 24.3 Å². The molecule has 3 N–H and O–H groups in total. The van der Waals surface area contributed by atoms with Crippen LogP contribution in [0.3, 0.4) is 0 Å². The van der Waals surface area contributed by atoms with Crippen LogP contribution in [-0.4, -0.2) is 44.6 Å². The molecule has 6 nitrogen and oxygen atoms in total. The third-order valence-electron chi connectivity index (χ3n) is 3.30. The van der Waals surface area contributed by atoms with Gasteiger partial charge in [0.1, 0.15) is 11.8 Å². The number of halogens is 1. The highest BCUT2D eigenvalue weighted by Gasteiger charge is 2.19. The molecule has 1 aromatic carbocycles. The molecule has 0 aliphatic heterocycles. The van der Waals surface area contributed by atoms with Crippen molar-refractivity contribution in [3.8, 4) is 5.75 Å². The Morgan fingerprint density at radius 3 is 2.58 bits per heavy atom. The molecular formula is C17H28ClN3O3. The summed E-state index contributed by atoms with van der Waals surface area (Å²) in [6.07, 6.45) is 1.48. The van der Waals surface area contributed by atoms with Crippen molar-refractivity contribution in [2.45, 2.75) is 32.7 Å². The molecule has 0 aliphatic carbocycles. The Kier molecular flexibility index (Phi) is 11.7. The number of amides is 2. The molecule has 0 heterocycles. The molecule has 2 amide bonds. The van der Waals surface area contributed by atoms with Crippen LogP contribution in [0.1, 0.15) is 25.8 Å². The molecule has 0 aromatic heterocycles. The van der Waals surface area contributed by atoms with E-state index in [9.17, 15) is 9.59 Å². The van der Waals surface area contributed by atoms with Crippen molar-refractivity contribution in [2.75, 3.05) is 26.7 Å². The molecule has 0 fully saturated rings. The predicted molar refractivity (Wildman–Crippen MR) is 97.7 cm³/mol. The first-order valence-electron chi connectivity index (χ1n) is 7.95. The molecule has 1 aromatic rings. The summed E-state index contributed by atoms with van der Waals surface area (Å²) in [5.74, 6) is 0.326. The predicted octanol–water partition coefficient (Wildman–Crippen LogP) is 1.28. The van der Waals surface area contributed by atoms with Crippen molar-refractivity contribution in [1.29, 1.82) is 0 Å². The van der Waals surface area contributed by atoms with Gasteiger partial charge >= 0.3 is 0 Å². The minimum Gasteiger partial charge on any atom is -0.497 e. The van der Waals surface area contributed by atoms with Crippen LogP contribution in [0.4, 0.5) is 0 Å². The topological polar surface area (TPSA) is 79.5 Å². The summed E-state index contributed by atoms with van der Waals surface area (Å²) in [6, 6.07) is 6.89. The fourth-order valence-electron chi connectivity index (χ4n) is 2.19. The third-order valence-corrected chi connectivity index (χ3v) is 3.30. The van der Waals surface area contributed by atoms with Crippen molar-refractivity contribution in [2.24, 2.45) is 0 Å². The number of hydrogen-bond donors (Lipinski definition) is 3. The maximum absolute atomic E-state index is 12.3. The Labute approximate surface area is 150 Å². The fraction of sp³-hybridized carbons (Fsp3) is 0.529. The number of nitrogens with one attached hydrogen (secondary N) is 3. The zero-order valence-electron chi connectivity index (χ0n) is 14.6.